The van der Waals surface area contributed by atoms with Gasteiger partial charge in [0.1, 0.15) is 18.2 Å². The summed E-state index contributed by atoms with van der Waals surface area (Å²) in [4.78, 5) is 0. The number of hydrogen-bond donors (Lipinski definition) is 1. The van der Waals surface area contributed by atoms with Crippen LogP contribution in [-0.2, 0) is 6.61 Å². The predicted octanol–water partition coefficient (Wildman–Crippen LogP) is 4.84. The highest BCUT2D eigenvalue weighted by Gasteiger charge is 2.07. The van der Waals surface area contributed by atoms with Crippen molar-refractivity contribution in [2.45, 2.75) is 19.6 Å². The molecule has 0 fully saturated rings. The molecule has 2 aromatic rings. The van der Waals surface area contributed by atoms with Crippen LogP contribution in [0.25, 0.3) is 0 Å². The van der Waals surface area contributed by atoms with Crippen molar-refractivity contribution in [3.8, 4) is 5.75 Å². The van der Waals surface area contributed by atoms with E-state index < -0.39 is 0 Å². The zero-order chi connectivity index (χ0) is 14.7. The third-order valence-electron chi connectivity index (χ3n) is 2.80. The molecular formula is C15H14BrClFNO. The van der Waals surface area contributed by atoms with Gasteiger partial charge in [0.15, 0.2) is 0 Å². The minimum atomic E-state index is -0.309. The third-order valence-corrected chi connectivity index (χ3v) is 3.55. The Morgan fingerprint density at radius 1 is 1.30 bits per heavy atom. The molecule has 106 valence electrons. The van der Waals surface area contributed by atoms with E-state index in [4.69, 9.17) is 22.1 Å². The summed E-state index contributed by atoms with van der Waals surface area (Å²) in [6.45, 7) is 2.13. The average Bonchev–Trinajstić information content (AvgIpc) is 2.36. The molecule has 2 aromatic carbocycles. The molecule has 5 heteroatoms. The van der Waals surface area contributed by atoms with E-state index in [1.54, 1.807) is 18.2 Å². The molecule has 0 aliphatic rings. The van der Waals surface area contributed by atoms with E-state index in [1.165, 1.54) is 12.1 Å². The number of benzene rings is 2. The number of ether oxygens (including phenoxy) is 1. The Morgan fingerprint density at radius 2 is 2.05 bits per heavy atom. The van der Waals surface area contributed by atoms with E-state index in [-0.39, 0.29) is 18.5 Å². The second-order valence-corrected chi connectivity index (χ2v) is 5.87. The van der Waals surface area contributed by atoms with Gasteiger partial charge in [-0.3, -0.25) is 0 Å². The lowest BCUT2D eigenvalue weighted by Crippen LogP contribution is -2.05. The minimum absolute atomic E-state index is 0.0827. The normalized spacial score (nSPS) is 12.2. The van der Waals surface area contributed by atoms with E-state index >= 15 is 0 Å². The highest BCUT2D eigenvalue weighted by atomic mass is 79.9. The van der Waals surface area contributed by atoms with E-state index in [0.29, 0.717) is 15.2 Å². The molecule has 0 saturated carbocycles. The molecule has 0 heterocycles. The van der Waals surface area contributed by atoms with Crippen LogP contribution < -0.4 is 10.5 Å². The summed E-state index contributed by atoms with van der Waals surface area (Å²) in [7, 11) is 0. The van der Waals surface area contributed by atoms with Crippen LogP contribution in [0.2, 0.25) is 5.02 Å². The first-order chi connectivity index (χ1) is 9.45. The van der Waals surface area contributed by atoms with E-state index in [1.807, 2.05) is 13.0 Å². The molecule has 20 heavy (non-hydrogen) atoms. The first-order valence-electron chi connectivity index (χ1n) is 6.08. The Hall–Kier alpha value is -1.10. The van der Waals surface area contributed by atoms with Crippen LogP contribution in [0.4, 0.5) is 4.39 Å². The second kappa shape index (κ2) is 6.57. The summed E-state index contributed by atoms with van der Waals surface area (Å²) < 4.78 is 19.5. The lowest BCUT2D eigenvalue weighted by atomic mass is 10.1. The van der Waals surface area contributed by atoms with Gasteiger partial charge in [0, 0.05) is 10.5 Å². The van der Waals surface area contributed by atoms with Gasteiger partial charge < -0.3 is 10.5 Å². The molecule has 0 spiro atoms. The number of rotatable bonds is 4. The molecule has 0 amide bonds. The predicted molar refractivity (Wildman–Crippen MR) is 82.5 cm³/mol. The summed E-state index contributed by atoms with van der Waals surface area (Å²) in [5.74, 6) is 0.243. The second-order valence-electron chi connectivity index (χ2n) is 4.54. The molecular weight excluding hydrogens is 345 g/mol. The summed E-state index contributed by atoms with van der Waals surface area (Å²) in [6, 6.07) is 9.96. The van der Waals surface area contributed by atoms with Crippen molar-refractivity contribution in [3.63, 3.8) is 0 Å². The Balaban J connectivity index is 2.11. The molecule has 2 rings (SSSR count). The largest absolute Gasteiger partial charge is 0.487 e. The SMILES string of the molecule is CC(N)c1ccc(OCc2cc(F)cc(Br)c2)c(Cl)c1. The first kappa shape index (κ1) is 15.3. The Bertz CT molecular complexity index is 599. The molecule has 0 aliphatic carbocycles. The molecule has 0 aliphatic heterocycles. The maximum absolute atomic E-state index is 13.2. The zero-order valence-electron chi connectivity index (χ0n) is 10.9. The van der Waals surface area contributed by atoms with Crippen LogP contribution in [0.3, 0.4) is 0 Å². The molecule has 0 saturated heterocycles. The number of halogens is 3. The van der Waals surface area contributed by atoms with Gasteiger partial charge in [0.25, 0.3) is 0 Å². The van der Waals surface area contributed by atoms with Crippen LogP contribution in [0.15, 0.2) is 40.9 Å². The van der Waals surface area contributed by atoms with Gasteiger partial charge in [0.2, 0.25) is 0 Å². The van der Waals surface area contributed by atoms with Gasteiger partial charge in [-0.1, -0.05) is 33.6 Å². The fourth-order valence-electron chi connectivity index (χ4n) is 1.77. The van der Waals surface area contributed by atoms with Crippen molar-refractivity contribution in [1.82, 2.24) is 0 Å². The molecule has 1 unspecified atom stereocenters. The summed E-state index contributed by atoms with van der Waals surface area (Å²) in [6.07, 6.45) is 0. The highest BCUT2D eigenvalue weighted by molar-refractivity contribution is 9.10. The van der Waals surface area contributed by atoms with E-state index in [9.17, 15) is 4.39 Å². The Labute approximate surface area is 130 Å². The van der Waals surface area contributed by atoms with Gasteiger partial charge in [-0.25, -0.2) is 4.39 Å². The smallest absolute Gasteiger partial charge is 0.138 e. The molecule has 0 aromatic heterocycles. The lowest BCUT2D eigenvalue weighted by molar-refractivity contribution is 0.305. The maximum Gasteiger partial charge on any atom is 0.138 e. The van der Waals surface area contributed by atoms with Crippen molar-refractivity contribution in [2.24, 2.45) is 5.73 Å². The van der Waals surface area contributed by atoms with Crippen molar-refractivity contribution in [2.75, 3.05) is 0 Å². The van der Waals surface area contributed by atoms with Crippen LogP contribution in [-0.4, -0.2) is 0 Å². The van der Waals surface area contributed by atoms with Gasteiger partial charge in [0.05, 0.1) is 5.02 Å². The average molecular weight is 359 g/mol. The molecule has 0 radical (unpaired) electrons. The molecule has 1 atom stereocenters. The van der Waals surface area contributed by atoms with Crippen molar-refractivity contribution >= 4 is 27.5 Å². The van der Waals surface area contributed by atoms with Gasteiger partial charge in [-0.15, -0.1) is 0 Å². The maximum atomic E-state index is 13.2. The fraction of sp³-hybridized carbons (Fsp3) is 0.200. The minimum Gasteiger partial charge on any atom is -0.487 e. The summed E-state index contributed by atoms with van der Waals surface area (Å²) in [5.41, 5.74) is 7.45. The number of hydrogen-bond acceptors (Lipinski definition) is 2. The lowest BCUT2D eigenvalue weighted by Gasteiger charge is -2.11. The summed E-state index contributed by atoms with van der Waals surface area (Å²) >= 11 is 9.38. The molecule has 2 N–H and O–H groups in total. The van der Waals surface area contributed by atoms with Crippen molar-refractivity contribution < 1.29 is 9.13 Å². The van der Waals surface area contributed by atoms with Crippen LogP contribution >= 0.6 is 27.5 Å². The van der Waals surface area contributed by atoms with Gasteiger partial charge in [-0.2, -0.15) is 0 Å². The van der Waals surface area contributed by atoms with Crippen molar-refractivity contribution in [1.29, 1.82) is 0 Å². The number of nitrogens with two attached hydrogens (primary N) is 1. The van der Waals surface area contributed by atoms with E-state index in [2.05, 4.69) is 15.9 Å². The monoisotopic (exact) mass is 357 g/mol. The van der Waals surface area contributed by atoms with Gasteiger partial charge in [-0.05, 0) is 48.4 Å². The zero-order valence-corrected chi connectivity index (χ0v) is 13.2. The summed E-state index contributed by atoms with van der Waals surface area (Å²) in [5, 5.41) is 0.496. The van der Waals surface area contributed by atoms with Crippen LogP contribution in [0, 0.1) is 5.82 Å². The Morgan fingerprint density at radius 3 is 2.65 bits per heavy atom. The fourth-order valence-corrected chi connectivity index (χ4v) is 2.53. The first-order valence-corrected chi connectivity index (χ1v) is 7.25. The molecule has 2 nitrogen and oxygen atoms in total. The van der Waals surface area contributed by atoms with Gasteiger partial charge >= 0.3 is 0 Å². The van der Waals surface area contributed by atoms with Crippen LogP contribution in [0.5, 0.6) is 5.75 Å². The highest BCUT2D eigenvalue weighted by Crippen LogP contribution is 2.28. The Kier molecular flexibility index (Phi) is 5.02. The van der Waals surface area contributed by atoms with Crippen LogP contribution in [0.1, 0.15) is 24.1 Å². The standard InChI is InChI=1S/C15H14BrClFNO/c1-9(19)11-2-3-15(14(17)6-11)20-8-10-4-12(16)7-13(18)5-10/h2-7,9H,8,19H2,1H3. The van der Waals surface area contributed by atoms with E-state index in [0.717, 1.165) is 11.1 Å². The molecule has 0 bridgehead atoms. The third kappa shape index (κ3) is 3.95. The van der Waals surface area contributed by atoms with Crippen molar-refractivity contribution in [3.05, 3.63) is 62.8 Å². The topological polar surface area (TPSA) is 35.2 Å². The quantitative estimate of drug-likeness (QED) is 0.848.